The molecule has 126 valence electrons. The molecule has 1 atom stereocenters. The van der Waals surface area contributed by atoms with Gasteiger partial charge in [0.2, 0.25) is 0 Å². The molecule has 0 fully saturated rings. The molecule has 2 aromatic heterocycles. The third kappa shape index (κ3) is 3.05. The number of benzene rings is 1. The number of nitrogens with zero attached hydrogens (tertiary/aromatic N) is 2. The third-order valence-corrected chi connectivity index (χ3v) is 4.59. The van der Waals surface area contributed by atoms with Gasteiger partial charge in [0.1, 0.15) is 0 Å². The summed E-state index contributed by atoms with van der Waals surface area (Å²) in [7, 11) is 0. The van der Waals surface area contributed by atoms with Gasteiger partial charge in [0.05, 0.1) is 12.2 Å². The second-order valence-corrected chi connectivity index (χ2v) is 6.41. The molecular formula is C20H19N3O2. The van der Waals surface area contributed by atoms with Crippen LogP contribution in [0.15, 0.2) is 47.1 Å². The fraction of sp³-hybridized carbons (Fsp3) is 0.250. The second kappa shape index (κ2) is 6.16. The Morgan fingerprint density at radius 2 is 2.08 bits per heavy atom. The summed E-state index contributed by atoms with van der Waals surface area (Å²) in [5, 5.41) is 3.14. The first-order chi connectivity index (χ1) is 12.1. The molecule has 1 amide bonds. The van der Waals surface area contributed by atoms with Crippen LogP contribution in [0.3, 0.4) is 0 Å². The summed E-state index contributed by atoms with van der Waals surface area (Å²) in [4.78, 5) is 20.8. The number of rotatable bonds is 3. The zero-order valence-electron chi connectivity index (χ0n) is 14.2. The zero-order chi connectivity index (χ0) is 17.4. The van der Waals surface area contributed by atoms with Gasteiger partial charge in [-0.15, -0.1) is 0 Å². The summed E-state index contributed by atoms with van der Waals surface area (Å²) in [6.07, 6.45) is 5.26. The van der Waals surface area contributed by atoms with Gasteiger partial charge < -0.3 is 9.73 Å². The van der Waals surface area contributed by atoms with Gasteiger partial charge in [-0.05, 0) is 49.1 Å². The number of aryl methyl sites for hydroxylation is 3. The maximum atomic E-state index is 12.5. The Labute approximate surface area is 146 Å². The van der Waals surface area contributed by atoms with Crippen molar-refractivity contribution in [3.05, 3.63) is 71.0 Å². The number of carbonyl (C=O) groups excluding carboxylic acids is 1. The molecule has 5 nitrogen and oxygen atoms in total. The number of pyridine rings is 1. The summed E-state index contributed by atoms with van der Waals surface area (Å²) < 4.78 is 5.60. The Morgan fingerprint density at radius 1 is 1.20 bits per heavy atom. The first-order valence-electron chi connectivity index (χ1n) is 8.39. The van der Waals surface area contributed by atoms with Crippen LogP contribution in [0, 0.1) is 13.8 Å². The lowest BCUT2D eigenvalue weighted by molar-refractivity contribution is 0.0936. The molecule has 0 unspecified atom stereocenters. The van der Waals surface area contributed by atoms with Gasteiger partial charge in [-0.25, -0.2) is 4.98 Å². The van der Waals surface area contributed by atoms with Crippen molar-refractivity contribution in [1.29, 1.82) is 0 Å². The number of hydrogen-bond acceptors (Lipinski definition) is 4. The quantitative estimate of drug-likeness (QED) is 0.792. The first-order valence-corrected chi connectivity index (χ1v) is 8.39. The highest BCUT2D eigenvalue weighted by atomic mass is 16.4. The van der Waals surface area contributed by atoms with E-state index in [2.05, 4.69) is 27.4 Å². The molecule has 2 heterocycles. The third-order valence-electron chi connectivity index (χ3n) is 4.59. The van der Waals surface area contributed by atoms with Gasteiger partial charge in [-0.1, -0.05) is 12.1 Å². The molecule has 3 aromatic rings. The van der Waals surface area contributed by atoms with Crippen LogP contribution in [0.5, 0.6) is 0 Å². The van der Waals surface area contributed by atoms with Gasteiger partial charge in [-0.3, -0.25) is 9.78 Å². The van der Waals surface area contributed by atoms with Crippen molar-refractivity contribution in [1.82, 2.24) is 15.3 Å². The molecule has 0 saturated carbocycles. The number of hydrogen-bond donors (Lipinski definition) is 1. The predicted molar refractivity (Wildman–Crippen MR) is 94.2 cm³/mol. The lowest BCUT2D eigenvalue weighted by atomic mass is 10.0. The summed E-state index contributed by atoms with van der Waals surface area (Å²) in [5.74, 6) is 1.38. The van der Waals surface area contributed by atoms with Crippen LogP contribution >= 0.6 is 0 Å². The lowest BCUT2D eigenvalue weighted by Crippen LogP contribution is -2.27. The van der Waals surface area contributed by atoms with Gasteiger partial charge in [0.25, 0.3) is 5.91 Å². The fourth-order valence-electron chi connectivity index (χ4n) is 3.34. The van der Waals surface area contributed by atoms with E-state index < -0.39 is 0 Å². The Balaban J connectivity index is 1.55. The highest BCUT2D eigenvalue weighted by Gasteiger charge is 2.25. The van der Waals surface area contributed by atoms with Crippen LogP contribution in [0.1, 0.15) is 45.5 Å². The first kappa shape index (κ1) is 15.6. The van der Waals surface area contributed by atoms with E-state index >= 15 is 0 Å². The number of carbonyl (C=O) groups is 1. The SMILES string of the molecule is Cc1cc(C(=O)N[C@@H]2CCc3cc(-c4cnc(C)o4)ccc32)ccn1. The minimum atomic E-state index is -0.0571. The monoisotopic (exact) mass is 333 g/mol. The predicted octanol–water partition coefficient (Wildman–Crippen LogP) is 3.77. The number of amides is 1. The van der Waals surface area contributed by atoms with Gasteiger partial charge in [0, 0.05) is 29.9 Å². The average molecular weight is 333 g/mol. The molecule has 1 aliphatic rings. The minimum absolute atomic E-state index is 0.0430. The highest BCUT2D eigenvalue weighted by molar-refractivity contribution is 5.94. The topological polar surface area (TPSA) is 68.0 Å². The van der Waals surface area contributed by atoms with E-state index in [0.29, 0.717) is 11.5 Å². The Kier molecular flexibility index (Phi) is 3.84. The molecule has 0 aliphatic heterocycles. The standard InChI is InChI=1S/C20H19N3O2/c1-12-9-16(7-8-21-12)20(24)23-18-6-4-14-10-15(3-5-17(14)18)19-11-22-13(2)25-19/h3,5,7-11,18H,4,6H2,1-2H3,(H,23,24)/t18-/m1/s1. The van der Waals surface area contributed by atoms with E-state index in [0.717, 1.165) is 29.9 Å². The Hall–Kier alpha value is -2.95. The van der Waals surface area contributed by atoms with Crippen LogP contribution in [0.4, 0.5) is 0 Å². The summed E-state index contributed by atoms with van der Waals surface area (Å²) in [6.45, 7) is 3.72. The van der Waals surface area contributed by atoms with Crippen LogP contribution in [-0.2, 0) is 6.42 Å². The molecule has 1 aliphatic carbocycles. The number of fused-ring (bicyclic) bond motifs is 1. The molecule has 0 spiro atoms. The molecule has 0 saturated heterocycles. The molecule has 1 aromatic carbocycles. The molecule has 0 radical (unpaired) electrons. The zero-order valence-corrected chi connectivity index (χ0v) is 14.2. The van der Waals surface area contributed by atoms with Crippen LogP contribution in [-0.4, -0.2) is 15.9 Å². The van der Waals surface area contributed by atoms with Crippen molar-refractivity contribution in [3.63, 3.8) is 0 Å². The normalized spacial score (nSPS) is 15.8. The Bertz CT molecular complexity index is 946. The smallest absolute Gasteiger partial charge is 0.251 e. The number of nitrogens with one attached hydrogen (secondary N) is 1. The van der Waals surface area contributed by atoms with Crippen molar-refractivity contribution in [2.45, 2.75) is 32.7 Å². The largest absolute Gasteiger partial charge is 0.441 e. The molecule has 25 heavy (non-hydrogen) atoms. The summed E-state index contributed by atoms with van der Waals surface area (Å²) in [5.41, 5.74) is 4.94. The van der Waals surface area contributed by atoms with Crippen molar-refractivity contribution >= 4 is 5.91 Å². The molecule has 1 N–H and O–H groups in total. The highest BCUT2D eigenvalue weighted by Crippen LogP contribution is 2.34. The van der Waals surface area contributed by atoms with Crippen molar-refractivity contribution in [2.24, 2.45) is 0 Å². The van der Waals surface area contributed by atoms with E-state index in [9.17, 15) is 4.79 Å². The fourth-order valence-corrected chi connectivity index (χ4v) is 3.34. The maximum absolute atomic E-state index is 12.5. The molecular weight excluding hydrogens is 314 g/mol. The van der Waals surface area contributed by atoms with E-state index in [4.69, 9.17) is 4.42 Å². The lowest BCUT2D eigenvalue weighted by Gasteiger charge is -2.14. The average Bonchev–Trinajstić information content (AvgIpc) is 3.21. The molecule has 5 heteroatoms. The van der Waals surface area contributed by atoms with E-state index in [1.54, 1.807) is 24.5 Å². The molecule has 0 bridgehead atoms. The van der Waals surface area contributed by atoms with E-state index in [1.165, 1.54) is 11.1 Å². The van der Waals surface area contributed by atoms with Crippen LogP contribution in [0.25, 0.3) is 11.3 Å². The van der Waals surface area contributed by atoms with E-state index in [1.807, 2.05) is 19.9 Å². The van der Waals surface area contributed by atoms with E-state index in [-0.39, 0.29) is 11.9 Å². The summed E-state index contributed by atoms with van der Waals surface area (Å²) in [6, 6.07) is 9.84. The Morgan fingerprint density at radius 3 is 2.84 bits per heavy atom. The van der Waals surface area contributed by atoms with Gasteiger partial charge >= 0.3 is 0 Å². The van der Waals surface area contributed by atoms with Gasteiger partial charge in [0.15, 0.2) is 11.7 Å². The second-order valence-electron chi connectivity index (χ2n) is 6.41. The number of aromatic nitrogens is 2. The van der Waals surface area contributed by atoms with Crippen LogP contribution in [0.2, 0.25) is 0 Å². The summed E-state index contributed by atoms with van der Waals surface area (Å²) >= 11 is 0. The maximum Gasteiger partial charge on any atom is 0.251 e. The minimum Gasteiger partial charge on any atom is -0.441 e. The number of oxazole rings is 1. The van der Waals surface area contributed by atoms with Gasteiger partial charge in [-0.2, -0.15) is 0 Å². The van der Waals surface area contributed by atoms with Crippen molar-refractivity contribution in [2.75, 3.05) is 0 Å². The molecule has 4 rings (SSSR count). The van der Waals surface area contributed by atoms with Crippen LogP contribution < -0.4 is 5.32 Å². The van der Waals surface area contributed by atoms with Crippen molar-refractivity contribution in [3.8, 4) is 11.3 Å². The van der Waals surface area contributed by atoms with Crippen molar-refractivity contribution < 1.29 is 9.21 Å².